The van der Waals surface area contributed by atoms with Gasteiger partial charge in [0.25, 0.3) is 0 Å². The number of nitrogens with one attached hydrogen (secondary N) is 1. The van der Waals surface area contributed by atoms with Gasteiger partial charge in [0.2, 0.25) is 0 Å². The normalized spacial score (nSPS) is 22.9. The Hall–Kier alpha value is -1.06. The molecular formula is C16H24N2O. The zero-order valence-corrected chi connectivity index (χ0v) is 11.8. The zero-order chi connectivity index (χ0) is 13.1. The first-order valence-corrected chi connectivity index (χ1v) is 7.46. The molecule has 3 heteroatoms. The van der Waals surface area contributed by atoms with Crippen LogP contribution in [0.2, 0.25) is 0 Å². The zero-order valence-electron chi connectivity index (χ0n) is 11.8. The van der Waals surface area contributed by atoms with Gasteiger partial charge in [-0.3, -0.25) is 4.90 Å². The van der Waals surface area contributed by atoms with E-state index >= 15 is 0 Å². The van der Waals surface area contributed by atoms with Crippen molar-refractivity contribution >= 4 is 0 Å². The second-order valence-electron chi connectivity index (χ2n) is 5.77. The average molecular weight is 260 g/mol. The van der Waals surface area contributed by atoms with Crippen molar-refractivity contribution in [1.29, 1.82) is 0 Å². The third-order valence-corrected chi connectivity index (χ3v) is 4.25. The summed E-state index contributed by atoms with van der Waals surface area (Å²) >= 11 is 0. The van der Waals surface area contributed by atoms with Gasteiger partial charge in [0.05, 0.1) is 7.11 Å². The molecule has 1 saturated carbocycles. The molecule has 104 valence electrons. The van der Waals surface area contributed by atoms with Crippen LogP contribution in [0.4, 0.5) is 0 Å². The summed E-state index contributed by atoms with van der Waals surface area (Å²) in [6.07, 6.45) is 5.39. The summed E-state index contributed by atoms with van der Waals surface area (Å²) in [6, 6.07) is 9.89. The van der Waals surface area contributed by atoms with Gasteiger partial charge < -0.3 is 10.1 Å². The van der Waals surface area contributed by atoms with E-state index in [-0.39, 0.29) is 0 Å². The van der Waals surface area contributed by atoms with Crippen molar-refractivity contribution in [3.63, 3.8) is 0 Å². The van der Waals surface area contributed by atoms with Crippen LogP contribution in [0.25, 0.3) is 0 Å². The van der Waals surface area contributed by atoms with Crippen LogP contribution in [0.15, 0.2) is 24.3 Å². The summed E-state index contributed by atoms with van der Waals surface area (Å²) in [7, 11) is 1.76. The molecule has 0 bridgehead atoms. The van der Waals surface area contributed by atoms with Gasteiger partial charge in [-0.05, 0) is 38.3 Å². The Balaban J connectivity index is 1.66. The summed E-state index contributed by atoms with van der Waals surface area (Å²) in [6.45, 7) is 3.40. The molecule has 0 amide bonds. The lowest BCUT2D eigenvalue weighted by Gasteiger charge is -2.26. The maximum atomic E-state index is 5.47. The summed E-state index contributed by atoms with van der Waals surface area (Å²) in [5, 5.41) is 3.61. The quantitative estimate of drug-likeness (QED) is 0.850. The topological polar surface area (TPSA) is 24.5 Å². The molecule has 1 saturated heterocycles. The van der Waals surface area contributed by atoms with Crippen molar-refractivity contribution in [2.75, 3.05) is 20.2 Å². The molecule has 2 aliphatic rings. The summed E-state index contributed by atoms with van der Waals surface area (Å²) in [4.78, 5) is 2.64. The smallest absolute Gasteiger partial charge is 0.123 e. The standard InChI is InChI=1S/C16H24N2O/c1-19-16-7-3-2-5-13(16)11-18(15-8-9-15)12-14-6-4-10-17-14/h2-3,5,7,14-15,17H,4,6,8-12H2,1H3. The molecule has 19 heavy (non-hydrogen) atoms. The first kappa shape index (κ1) is 12.9. The number of hydrogen-bond donors (Lipinski definition) is 1. The minimum Gasteiger partial charge on any atom is -0.496 e. The van der Waals surface area contributed by atoms with Crippen LogP contribution in [0, 0.1) is 0 Å². The maximum absolute atomic E-state index is 5.47. The van der Waals surface area contributed by atoms with Crippen LogP contribution >= 0.6 is 0 Å². The molecule has 1 aromatic carbocycles. The van der Waals surface area contributed by atoms with Crippen molar-refractivity contribution in [2.45, 2.75) is 44.3 Å². The van der Waals surface area contributed by atoms with Gasteiger partial charge in [-0.1, -0.05) is 18.2 Å². The lowest BCUT2D eigenvalue weighted by molar-refractivity contribution is 0.228. The van der Waals surface area contributed by atoms with E-state index in [1.807, 2.05) is 6.07 Å². The first-order valence-electron chi connectivity index (χ1n) is 7.46. The fraction of sp³-hybridized carbons (Fsp3) is 0.625. The first-order chi connectivity index (χ1) is 9.36. The van der Waals surface area contributed by atoms with Crippen LogP contribution in [0.3, 0.4) is 0 Å². The Labute approximate surface area is 115 Å². The van der Waals surface area contributed by atoms with Crippen LogP contribution < -0.4 is 10.1 Å². The SMILES string of the molecule is COc1ccccc1CN(CC1CCCN1)C1CC1. The van der Waals surface area contributed by atoms with Gasteiger partial charge in [-0.15, -0.1) is 0 Å². The number of rotatable bonds is 6. The van der Waals surface area contributed by atoms with Crippen molar-refractivity contribution < 1.29 is 4.74 Å². The second kappa shape index (κ2) is 5.93. The predicted octanol–water partition coefficient (Wildman–Crippen LogP) is 2.41. The van der Waals surface area contributed by atoms with Crippen LogP contribution in [-0.2, 0) is 6.54 Å². The number of para-hydroxylation sites is 1. The van der Waals surface area contributed by atoms with E-state index in [0.29, 0.717) is 6.04 Å². The van der Waals surface area contributed by atoms with Gasteiger partial charge in [-0.25, -0.2) is 0 Å². The molecule has 0 spiro atoms. The molecule has 3 nitrogen and oxygen atoms in total. The van der Waals surface area contributed by atoms with E-state index in [9.17, 15) is 0 Å². The van der Waals surface area contributed by atoms with Crippen LogP contribution in [0.5, 0.6) is 5.75 Å². The number of nitrogens with zero attached hydrogens (tertiary/aromatic N) is 1. The largest absolute Gasteiger partial charge is 0.496 e. The summed E-state index contributed by atoms with van der Waals surface area (Å²) < 4.78 is 5.47. The second-order valence-corrected chi connectivity index (χ2v) is 5.77. The highest BCUT2D eigenvalue weighted by molar-refractivity contribution is 5.33. The average Bonchev–Trinajstić information content (AvgIpc) is 3.17. The van der Waals surface area contributed by atoms with Crippen LogP contribution in [-0.4, -0.2) is 37.2 Å². The van der Waals surface area contributed by atoms with Crippen molar-refractivity contribution in [3.05, 3.63) is 29.8 Å². The molecule has 1 aromatic rings. The van der Waals surface area contributed by atoms with Gasteiger partial charge in [0.1, 0.15) is 5.75 Å². The van der Waals surface area contributed by atoms with E-state index in [1.54, 1.807) is 7.11 Å². The van der Waals surface area contributed by atoms with E-state index < -0.39 is 0 Å². The van der Waals surface area contributed by atoms with Gasteiger partial charge in [-0.2, -0.15) is 0 Å². The molecule has 3 rings (SSSR count). The van der Waals surface area contributed by atoms with Gasteiger partial charge in [0.15, 0.2) is 0 Å². The fourth-order valence-corrected chi connectivity index (χ4v) is 3.03. The van der Waals surface area contributed by atoms with E-state index in [1.165, 1.54) is 44.3 Å². The lowest BCUT2D eigenvalue weighted by atomic mass is 10.1. The fourth-order valence-electron chi connectivity index (χ4n) is 3.03. The van der Waals surface area contributed by atoms with Crippen molar-refractivity contribution in [3.8, 4) is 5.75 Å². The lowest BCUT2D eigenvalue weighted by Crippen LogP contribution is -2.38. The Bertz CT molecular complexity index is 411. The van der Waals surface area contributed by atoms with E-state index in [4.69, 9.17) is 4.74 Å². The number of ether oxygens (including phenoxy) is 1. The monoisotopic (exact) mass is 260 g/mol. The van der Waals surface area contributed by atoms with Crippen molar-refractivity contribution in [2.24, 2.45) is 0 Å². The van der Waals surface area contributed by atoms with Crippen LogP contribution in [0.1, 0.15) is 31.2 Å². The molecule has 0 aromatic heterocycles. The molecule has 1 aliphatic heterocycles. The molecule has 1 atom stereocenters. The van der Waals surface area contributed by atoms with E-state index in [0.717, 1.165) is 18.3 Å². The van der Waals surface area contributed by atoms with Gasteiger partial charge in [0, 0.05) is 30.7 Å². The number of methoxy groups -OCH3 is 1. The maximum Gasteiger partial charge on any atom is 0.123 e. The minimum absolute atomic E-state index is 0.690. The molecule has 1 N–H and O–H groups in total. The summed E-state index contributed by atoms with van der Waals surface area (Å²) in [5.41, 5.74) is 1.31. The highest BCUT2D eigenvalue weighted by atomic mass is 16.5. The Kier molecular flexibility index (Phi) is 4.04. The van der Waals surface area contributed by atoms with Crippen molar-refractivity contribution in [1.82, 2.24) is 10.2 Å². The highest BCUT2D eigenvalue weighted by Gasteiger charge is 2.31. The number of benzene rings is 1. The molecule has 1 heterocycles. The number of hydrogen-bond acceptors (Lipinski definition) is 3. The molecule has 1 aliphatic carbocycles. The summed E-state index contributed by atoms with van der Waals surface area (Å²) in [5.74, 6) is 1.02. The Morgan fingerprint density at radius 2 is 2.11 bits per heavy atom. The Morgan fingerprint density at radius 1 is 1.26 bits per heavy atom. The van der Waals surface area contributed by atoms with E-state index in [2.05, 4.69) is 28.4 Å². The molecular weight excluding hydrogens is 236 g/mol. The minimum atomic E-state index is 0.690. The third-order valence-electron chi connectivity index (χ3n) is 4.25. The predicted molar refractivity (Wildman–Crippen MR) is 77.5 cm³/mol. The highest BCUT2D eigenvalue weighted by Crippen LogP contribution is 2.30. The molecule has 0 radical (unpaired) electrons. The Morgan fingerprint density at radius 3 is 2.79 bits per heavy atom. The molecule has 1 unspecified atom stereocenters. The molecule has 2 fully saturated rings. The third kappa shape index (κ3) is 3.28. The van der Waals surface area contributed by atoms with Gasteiger partial charge >= 0.3 is 0 Å².